The summed E-state index contributed by atoms with van der Waals surface area (Å²) in [5, 5.41) is 3.97. The van der Waals surface area contributed by atoms with E-state index in [1.165, 1.54) is 0 Å². The van der Waals surface area contributed by atoms with E-state index in [1.807, 2.05) is 54.6 Å². The molecule has 1 N–H and O–H groups in total. The molecule has 0 fully saturated rings. The number of Topliss-reactive ketones (excluding diaryl/α,β-unsaturated/α-hetero) is 1. The normalized spacial score (nSPS) is 10.2. The molecule has 2 aromatic rings. The van der Waals surface area contributed by atoms with Crippen LogP contribution in [0, 0.1) is 0 Å². The van der Waals surface area contributed by atoms with Crippen molar-refractivity contribution < 1.29 is 4.79 Å². The third-order valence-corrected chi connectivity index (χ3v) is 3.07. The fourth-order valence-corrected chi connectivity index (χ4v) is 2.04. The second-order valence-electron chi connectivity index (χ2n) is 4.33. The number of ketones is 1. The maximum Gasteiger partial charge on any atom is 0.162 e. The van der Waals surface area contributed by atoms with Crippen molar-refractivity contribution in [2.24, 2.45) is 0 Å². The molecule has 0 atom stereocenters. The summed E-state index contributed by atoms with van der Waals surface area (Å²) in [6, 6.07) is 17.0. The lowest BCUT2D eigenvalue weighted by Gasteiger charge is -2.06. The minimum absolute atomic E-state index is 0.188. The highest BCUT2D eigenvalue weighted by molar-refractivity contribution is 6.30. The van der Waals surface area contributed by atoms with Crippen LogP contribution in [0.15, 0.2) is 54.6 Å². The SMILES string of the molecule is O=C(CCCNc1cccc(Cl)c1)c1ccccc1. The first-order valence-electron chi connectivity index (χ1n) is 6.33. The molecule has 0 aliphatic heterocycles. The first-order valence-corrected chi connectivity index (χ1v) is 6.71. The molecule has 2 nitrogen and oxygen atoms in total. The lowest BCUT2D eigenvalue weighted by Crippen LogP contribution is -2.05. The van der Waals surface area contributed by atoms with Crippen LogP contribution in [0.2, 0.25) is 5.02 Å². The summed E-state index contributed by atoms with van der Waals surface area (Å²) >= 11 is 5.89. The molecule has 0 amide bonds. The highest BCUT2D eigenvalue weighted by Crippen LogP contribution is 2.15. The smallest absolute Gasteiger partial charge is 0.162 e. The Labute approximate surface area is 118 Å². The van der Waals surface area contributed by atoms with E-state index in [2.05, 4.69) is 5.32 Å². The van der Waals surface area contributed by atoms with Crippen LogP contribution in [0.3, 0.4) is 0 Å². The first kappa shape index (κ1) is 13.6. The zero-order valence-corrected chi connectivity index (χ0v) is 11.4. The van der Waals surface area contributed by atoms with Gasteiger partial charge >= 0.3 is 0 Å². The quantitative estimate of drug-likeness (QED) is 0.624. The summed E-state index contributed by atoms with van der Waals surface area (Å²) in [7, 11) is 0. The van der Waals surface area contributed by atoms with E-state index in [1.54, 1.807) is 0 Å². The third-order valence-electron chi connectivity index (χ3n) is 2.83. The second-order valence-corrected chi connectivity index (χ2v) is 4.77. The fraction of sp³-hybridized carbons (Fsp3) is 0.188. The van der Waals surface area contributed by atoms with Crippen molar-refractivity contribution >= 4 is 23.1 Å². The molecule has 98 valence electrons. The number of carbonyl (C=O) groups is 1. The Kier molecular flexibility index (Phi) is 4.99. The summed E-state index contributed by atoms with van der Waals surface area (Å²) in [6.45, 7) is 0.763. The van der Waals surface area contributed by atoms with Crippen molar-refractivity contribution in [2.45, 2.75) is 12.8 Å². The zero-order chi connectivity index (χ0) is 13.5. The Balaban J connectivity index is 1.74. The van der Waals surface area contributed by atoms with Crippen LogP contribution in [-0.4, -0.2) is 12.3 Å². The minimum Gasteiger partial charge on any atom is -0.385 e. The first-order chi connectivity index (χ1) is 9.25. The predicted molar refractivity (Wildman–Crippen MR) is 79.9 cm³/mol. The van der Waals surface area contributed by atoms with Crippen LogP contribution >= 0.6 is 11.6 Å². The van der Waals surface area contributed by atoms with Gasteiger partial charge in [0.15, 0.2) is 5.78 Å². The van der Waals surface area contributed by atoms with E-state index in [-0.39, 0.29) is 5.78 Å². The van der Waals surface area contributed by atoms with Crippen LogP contribution in [-0.2, 0) is 0 Å². The van der Waals surface area contributed by atoms with Gasteiger partial charge in [0.25, 0.3) is 0 Å². The van der Waals surface area contributed by atoms with Gasteiger partial charge in [0.05, 0.1) is 0 Å². The molecule has 0 aromatic heterocycles. The number of anilines is 1. The van der Waals surface area contributed by atoms with Crippen LogP contribution in [0.5, 0.6) is 0 Å². The summed E-state index contributed by atoms with van der Waals surface area (Å²) < 4.78 is 0. The van der Waals surface area contributed by atoms with E-state index in [0.29, 0.717) is 11.4 Å². The van der Waals surface area contributed by atoms with Crippen molar-refractivity contribution in [3.05, 3.63) is 65.2 Å². The Hall–Kier alpha value is -1.80. The number of nitrogens with one attached hydrogen (secondary N) is 1. The van der Waals surface area contributed by atoms with Gasteiger partial charge in [0, 0.05) is 29.2 Å². The monoisotopic (exact) mass is 273 g/mol. The van der Waals surface area contributed by atoms with Crippen LogP contribution in [0.4, 0.5) is 5.69 Å². The molecular formula is C16H16ClNO. The topological polar surface area (TPSA) is 29.1 Å². The Morgan fingerprint density at radius 3 is 2.58 bits per heavy atom. The van der Waals surface area contributed by atoms with E-state index in [9.17, 15) is 4.79 Å². The summed E-state index contributed by atoms with van der Waals surface area (Å²) in [5.74, 6) is 0.188. The molecular weight excluding hydrogens is 258 g/mol. The largest absolute Gasteiger partial charge is 0.385 e. The summed E-state index contributed by atoms with van der Waals surface area (Å²) in [5.41, 5.74) is 1.77. The van der Waals surface area contributed by atoms with Crippen molar-refractivity contribution in [2.75, 3.05) is 11.9 Å². The van der Waals surface area contributed by atoms with Gasteiger partial charge in [-0.2, -0.15) is 0 Å². The van der Waals surface area contributed by atoms with E-state index >= 15 is 0 Å². The third kappa shape index (κ3) is 4.42. The van der Waals surface area contributed by atoms with Gasteiger partial charge in [0.2, 0.25) is 0 Å². The van der Waals surface area contributed by atoms with Crippen molar-refractivity contribution in [3.8, 4) is 0 Å². The molecule has 0 bridgehead atoms. The number of carbonyl (C=O) groups excluding carboxylic acids is 1. The van der Waals surface area contributed by atoms with Gasteiger partial charge in [0.1, 0.15) is 0 Å². The Bertz CT molecular complexity index is 539. The average Bonchev–Trinajstić information content (AvgIpc) is 2.44. The number of benzene rings is 2. The predicted octanol–water partition coefficient (Wildman–Crippen LogP) is 4.42. The minimum atomic E-state index is 0.188. The van der Waals surface area contributed by atoms with Gasteiger partial charge in [-0.05, 0) is 24.6 Å². The highest BCUT2D eigenvalue weighted by Gasteiger charge is 2.04. The van der Waals surface area contributed by atoms with Gasteiger partial charge < -0.3 is 5.32 Å². The molecule has 19 heavy (non-hydrogen) atoms. The Morgan fingerprint density at radius 1 is 1.05 bits per heavy atom. The number of hydrogen-bond acceptors (Lipinski definition) is 2. The molecule has 0 saturated carbocycles. The van der Waals surface area contributed by atoms with Crippen molar-refractivity contribution in [1.29, 1.82) is 0 Å². The van der Waals surface area contributed by atoms with Crippen molar-refractivity contribution in [3.63, 3.8) is 0 Å². The molecule has 0 saturated heterocycles. The highest BCUT2D eigenvalue weighted by atomic mass is 35.5. The zero-order valence-electron chi connectivity index (χ0n) is 10.6. The lowest BCUT2D eigenvalue weighted by atomic mass is 10.1. The number of rotatable bonds is 6. The van der Waals surface area contributed by atoms with Gasteiger partial charge in [-0.1, -0.05) is 48.0 Å². The lowest BCUT2D eigenvalue weighted by molar-refractivity contribution is 0.0981. The van der Waals surface area contributed by atoms with Gasteiger partial charge in [-0.25, -0.2) is 0 Å². The molecule has 0 aliphatic rings. The van der Waals surface area contributed by atoms with Crippen LogP contribution in [0.25, 0.3) is 0 Å². The summed E-state index contributed by atoms with van der Waals surface area (Å²) in [6.07, 6.45) is 1.36. The fourth-order valence-electron chi connectivity index (χ4n) is 1.85. The molecule has 2 rings (SSSR count). The van der Waals surface area contributed by atoms with Crippen molar-refractivity contribution in [1.82, 2.24) is 0 Å². The van der Waals surface area contributed by atoms with E-state index < -0.39 is 0 Å². The molecule has 0 heterocycles. The average molecular weight is 274 g/mol. The molecule has 0 aliphatic carbocycles. The summed E-state index contributed by atoms with van der Waals surface area (Å²) in [4.78, 5) is 11.9. The molecule has 2 aromatic carbocycles. The Morgan fingerprint density at radius 2 is 1.84 bits per heavy atom. The molecule has 0 spiro atoms. The van der Waals surface area contributed by atoms with Crippen LogP contribution in [0.1, 0.15) is 23.2 Å². The molecule has 3 heteroatoms. The van der Waals surface area contributed by atoms with E-state index in [0.717, 1.165) is 24.2 Å². The standard InChI is InChI=1S/C16H16ClNO/c17-14-8-4-9-15(12-14)18-11-5-10-16(19)13-6-2-1-3-7-13/h1-4,6-9,12,18H,5,10-11H2. The van der Waals surface area contributed by atoms with E-state index in [4.69, 9.17) is 11.6 Å². The van der Waals surface area contributed by atoms with Gasteiger partial charge in [-0.15, -0.1) is 0 Å². The number of halogens is 1. The maximum atomic E-state index is 11.9. The maximum absolute atomic E-state index is 11.9. The number of hydrogen-bond donors (Lipinski definition) is 1. The molecule has 0 unspecified atom stereocenters. The van der Waals surface area contributed by atoms with Gasteiger partial charge in [-0.3, -0.25) is 4.79 Å². The second kappa shape index (κ2) is 6.95. The molecule has 0 radical (unpaired) electrons. The van der Waals surface area contributed by atoms with Crippen LogP contribution < -0.4 is 5.32 Å².